The first-order valence-electron chi connectivity index (χ1n) is 8.91. The van der Waals surface area contributed by atoms with Gasteiger partial charge in [0.2, 0.25) is 0 Å². The molecular formula is C18H33IN4S. The second-order valence-electron chi connectivity index (χ2n) is 6.57. The van der Waals surface area contributed by atoms with E-state index < -0.39 is 0 Å². The van der Waals surface area contributed by atoms with Crippen molar-refractivity contribution in [2.24, 2.45) is 4.99 Å². The summed E-state index contributed by atoms with van der Waals surface area (Å²) in [4.78, 5) is 6.95. The van der Waals surface area contributed by atoms with Gasteiger partial charge in [0.15, 0.2) is 5.96 Å². The highest BCUT2D eigenvalue weighted by Gasteiger charge is 2.17. The minimum Gasteiger partial charge on any atom is -0.356 e. The molecule has 2 rings (SSSR count). The molecule has 0 spiro atoms. The molecule has 1 aromatic heterocycles. The van der Waals surface area contributed by atoms with Gasteiger partial charge in [0, 0.05) is 32.7 Å². The number of piperidine rings is 1. The average molecular weight is 464 g/mol. The fourth-order valence-electron chi connectivity index (χ4n) is 3.12. The molecule has 0 bridgehead atoms. The van der Waals surface area contributed by atoms with Gasteiger partial charge in [-0.25, -0.2) is 0 Å². The number of thiophene rings is 1. The van der Waals surface area contributed by atoms with E-state index in [1.54, 1.807) is 11.3 Å². The van der Waals surface area contributed by atoms with Crippen LogP contribution in [0.1, 0.15) is 51.0 Å². The van der Waals surface area contributed by atoms with E-state index in [4.69, 9.17) is 0 Å². The zero-order chi connectivity index (χ0) is 16.5. The largest absolute Gasteiger partial charge is 0.356 e. The van der Waals surface area contributed by atoms with E-state index in [0.29, 0.717) is 5.92 Å². The van der Waals surface area contributed by atoms with Crippen molar-refractivity contribution in [3.8, 4) is 0 Å². The van der Waals surface area contributed by atoms with Crippen LogP contribution in [-0.4, -0.2) is 50.1 Å². The summed E-state index contributed by atoms with van der Waals surface area (Å²) in [6.07, 6.45) is 5.29. The third-order valence-electron chi connectivity index (χ3n) is 4.77. The van der Waals surface area contributed by atoms with Crippen LogP contribution in [0.2, 0.25) is 0 Å². The summed E-state index contributed by atoms with van der Waals surface area (Å²) < 4.78 is 0. The Bertz CT molecular complexity index is 464. The van der Waals surface area contributed by atoms with E-state index in [0.717, 1.165) is 25.1 Å². The van der Waals surface area contributed by atoms with Crippen molar-refractivity contribution in [2.45, 2.75) is 51.5 Å². The van der Waals surface area contributed by atoms with Gasteiger partial charge in [-0.2, -0.15) is 11.3 Å². The van der Waals surface area contributed by atoms with Gasteiger partial charge in [-0.1, -0.05) is 13.3 Å². The van der Waals surface area contributed by atoms with Crippen LogP contribution in [0.5, 0.6) is 0 Å². The second kappa shape index (κ2) is 12.1. The minimum atomic E-state index is 0. The SMILES string of the molecule is CN=C(NCCCN1CCCCC1C)NCC(C)c1ccsc1.I. The van der Waals surface area contributed by atoms with Crippen LogP contribution in [-0.2, 0) is 0 Å². The van der Waals surface area contributed by atoms with Crippen LogP contribution in [0.4, 0.5) is 0 Å². The lowest BCUT2D eigenvalue weighted by atomic mass is 10.0. The first-order valence-corrected chi connectivity index (χ1v) is 9.85. The zero-order valence-corrected chi connectivity index (χ0v) is 18.4. The molecule has 0 aliphatic carbocycles. The Kier molecular flexibility index (Phi) is 10.9. The number of guanidine groups is 1. The lowest BCUT2D eigenvalue weighted by Crippen LogP contribution is -2.42. The number of nitrogens with zero attached hydrogens (tertiary/aromatic N) is 2. The molecule has 1 fully saturated rings. The Morgan fingerprint density at radius 2 is 2.25 bits per heavy atom. The Morgan fingerprint density at radius 3 is 2.92 bits per heavy atom. The zero-order valence-electron chi connectivity index (χ0n) is 15.3. The fourth-order valence-corrected chi connectivity index (χ4v) is 3.90. The average Bonchev–Trinajstić information content (AvgIpc) is 3.10. The molecule has 1 aliphatic rings. The van der Waals surface area contributed by atoms with Gasteiger partial charge in [-0.15, -0.1) is 24.0 Å². The van der Waals surface area contributed by atoms with Gasteiger partial charge >= 0.3 is 0 Å². The van der Waals surface area contributed by atoms with E-state index in [-0.39, 0.29) is 24.0 Å². The summed E-state index contributed by atoms with van der Waals surface area (Å²) in [5.41, 5.74) is 1.40. The van der Waals surface area contributed by atoms with Gasteiger partial charge < -0.3 is 15.5 Å². The van der Waals surface area contributed by atoms with Crippen molar-refractivity contribution in [1.29, 1.82) is 0 Å². The molecule has 6 heteroatoms. The predicted molar refractivity (Wildman–Crippen MR) is 117 cm³/mol. The van der Waals surface area contributed by atoms with Gasteiger partial charge in [0.25, 0.3) is 0 Å². The molecule has 1 aliphatic heterocycles. The third-order valence-corrected chi connectivity index (χ3v) is 5.47. The van der Waals surface area contributed by atoms with E-state index >= 15 is 0 Å². The van der Waals surface area contributed by atoms with E-state index in [1.165, 1.54) is 44.3 Å². The highest BCUT2D eigenvalue weighted by molar-refractivity contribution is 14.0. The molecule has 1 aromatic rings. The molecule has 0 saturated carbocycles. The monoisotopic (exact) mass is 464 g/mol. The maximum Gasteiger partial charge on any atom is 0.190 e. The molecule has 0 radical (unpaired) electrons. The molecule has 24 heavy (non-hydrogen) atoms. The van der Waals surface area contributed by atoms with Gasteiger partial charge in [0.05, 0.1) is 0 Å². The van der Waals surface area contributed by atoms with E-state index in [1.807, 2.05) is 7.05 Å². The Balaban J connectivity index is 0.00000288. The Labute approximate surface area is 168 Å². The third kappa shape index (κ3) is 7.27. The van der Waals surface area contributed by atoms with Crippen molar-refractivity contribution in [2.75, 3.05) is 33.2 Å². The summed E-state index contributed by atoms with van der Waals surface area (Å²) in [5, 5.41) is 11.2. The van der Waals surface area contributed by atoms with Gasteiger partial charge in [-0.05, 0) is 61.0 Å². The standard InChI is InChI=1S/C18H32N4S.HI/c1-15(17-8-12-23-14-17)13-21-18(19-3)20-9-6-11-22-10-5-4-7-16(22)2;/h8,12,14-16H,4-7,9-11,13H2,1-3H3,(H2,19,20,21);1H. The number of likely N-dealkylation sites (tertiary alicyclic amines) is 1. The summed E-state index contributed by atoms with van der Waals surface area (Å²) in [5.74, 6) is 1.42. The Morgan fingerprint density at radius 1 is 1.42 bits per heavy atom. The van der Waals surface area contributed by atoms with Crippen LogP contribution in [0.15, 0.2) is 21.8 Å². The quantitative estimate of drug-likeness (QED) is 0.278. The Hall–Kier alpha value is -0.340. The molecule has 1 saturated heterocycles. The van der Waals surface area contributed by atoms with Crippen LogP contribution >= 0.6 is 35.3 Å². The summed E-state index contributed by atoms with van der Waals surface area (Å²) in [6, 6.07) is 2.96. The predicted octanol–water partition coefficient (Wildman–Crippen LogP) is 3.90. The molecule has 138 valence electrons. The topological polar surface area (TPSA) is 39.7 Å². The lowest BCUT2D eigenvalue weighted by Gasteiger charge is -2.33. The first kappa shape index (κ1) is 21.7. The molecule has 2 heterocycles. The van der Waals surface area contributed by atoms with Crippen molar-refractivity contribution in [3.63, 3.8) is 0 Å². The van der Waals surface area contributed by atoms with Gasteiger partial charge in [0.1, 0.15) is 0 Å². The molecular weight excluding hydrogens is 431 g/mol. The number of halogens is 1. The number of aliphatic imine (C=N–C) groups is 1. The maximum atomic E-state index is 4.32. The van der Waals surface area contributed by atoms with E-state index in [2.05, 4.69) is 51.2 Å². The van der Waals surface area contributed by atoms with Crippen molar-refractivity contribution in [1.82, 2.24) is 15.5 Å². The van der Waals surface area contributed by atoms with Crippen LogP contribution in [0.3, 0.4) is 0 Å². The van der Waals surface area contributed by atoms with Crippen LogP contribution in [0, 0.1) is 0 Å². The van der Waals surface area contributed by atoms with Crippen molar-refractivity contribution < 1.29 is 0 Å². The van der Waals surface area contributed by atoms with E-state index in [9.17, 15) is 0 Å². The normalized spacial score (nSPS) is 20.3. The molecule has 0 amide bonds. The molecule has 2 N–H and O–H groups in total. The fraction of sp³-hybridized carbons (Fsp3) is 0.722. The van der Waals surface area contributed by atoms with Crippen LogP contribution < -0.4 is 10.6 Å². The number of rotatable bonds is 7. The highest BCUT2D eigenvalue weighted by atomic mass is 127. The van der Waals surface area contributed by atoms with Gasteiger partial charge in [-0.3, -0.25) is 4.99 Å². The highest BCUT2D eigenvalue weighted by Crippen LogP contribution is 2.17. The maximum absolute atomic E-state index is 4.32. The lowest BCUT2D eigenvalue weighted by molar-refractivity contribution is 0.159. The summed E-state index contributed by atoms with van der Waals surface area (Å²) >= 11 is 1.76. The molecule has 2 atom stereocenters. The number of hydrogen-bond donors (Lipinski definition) is 2. The van der Waals surface area contributed by atoms with Crippen molar-refractivity contribution >= 4 is 41.3 Å². The van der Waals surface area contributed by atoms with Crippen LogP contribution in [0.25, 0.3) is 0 Å². The smallest absolute Gasteiger partial charge is 0.190 e. The summed E-state index contributed by atoms with van der Waals surface area (Å²) in [6.45, 7) is 8.97. The summed E-state index contributed by atoms with van der Waals surface area (Å²) in [7, 11) is 1.84. The second-order valence-corrected chi connectivity index (χ2v) is 7.35. The molecule has 4 nitrogen and oxygen atoms in total. The number of hydrogen-bond acceptors (Lipinski definition) is 3. The van der Waals surface area contributed by atoms with Crippen molar-refractivity contribution in [3.05, 3.63) is 22.4 Å². The molecule has 2 unspecified atom stereocenters. The molecule has 0 aromatic carbocycles. The minimum absolute atomic E-state index is 0. The first-order chi connectivity index (χ1) is 11.2. The number of nitrogens with one attached hydrogen (secondary N) is 2.